The van der Waals surface area contributed by atoms with Gasteiger partial charge in [-0.05, 0) is 44.2 Å². The Balaban J connectivity index is 0. The molecule has 0 saturated heterocycles. The van der Waals surface area contributed by atoms with Crippen LogP contribution in [0, 0.1) is 6.92 Å². The lowest BCUT2D eigenvalue weighted by molar-refractivity contribution is 1.18. The Labute approximate surface area is 207 Å². The van der Waals surface area contributed by atoms with E-state index in [1.54, 1.807) is 12.2 Å². The van der Waals surface area contributed by atoms with Crippen molar-refractivity contribution in [2.75, 3.05) is 0 Å². The zero-order valence-corrected chi connectivity index (χ0v) is 23.0. The lowest BCUT2D eigenvalue weighted by atomic mass is 10.3. The minimum absolute atomic E-state index is 0.699. The standard InChI is InChI=1S/C21H21N5.4C2H6/c1-5-8-11-16-14(4)22-20(25-16)18-12-9-13-19(23-18)21-24-15(7-3)17(26-21)10-6-2;4*1-2/h5-13H,1,3H2,2,4H3,(H,22,25)(H,24,26);4*1-2H3/b10-6-,11-8-;;;;. The quantitative estimate of drug-likeness (QED) is 0.358. The lowest BCUT2D eigenvalue weighted by Crippen LogP contribution is -1.91. The molecule has 0 bridgehead atoms. The largest absolute Gasteiger partial charge is 0.340 e. The third-order valence-electron chi connectivity index (χ3n) is 3.83. The fraction of sp³-hybridized carbons (Fsp3) is 0.345. The highest BCUT2D eigenvalue weighted by molar-refractivity contribution is 5.66. The maximum Gasteiger partial charge on any atom is 0.157 e. The normalized spacial score (nSPS) is 9.47. The number of aromatic amines is 2. The van der Waals surface area contributed by atoms with E-state index in [1.165, 1.54) is 0 Å². The zero-order valence-electron chi connectivity index (χ0n) is 23.0. The van der Waals surface area contributed by atoms with E-state index in [9.17, 15) is 0 Å². The molecule has 0 saturated carbocycles. The summed E-state index contributed by atoms with van der Waals surface area (Å²) in [6, 6.07) is 5.79. The van der Waals surface area contributed by atoms with Crippen LogP contribution in [0.1, 0.15) is 85.1 Å². The summed E-state index contributed by atoms with van der Waals surface area (Å²) in [4.78, 5) is 20.5. The van der Waals surface area contributed by atoms with Gasteiger partial charge in [0.2, 0.25) is 0 Å². The Morgan fingerprint density at radius 1 is 0.735 bits per heavy atom. The molecule has 34 heavy (non-hydrogen) atoms. The van der Waals surface area contributed by atoms with Gasteiger partial charge in [-0.25, -0.2) is 15.0 Å². The van der Waals surface area contributed by atoms with Crippen LogP contribution in [-0.2, 0) is 0 Å². The Hall–Kier alpha value is -3.47. The molecule has 0 fully saturated rings. The van der Waals surface area contributed by atoms with E-state index in [-0.39, 0.29) is 0 Å². The molecule has 0 aromatic carbocycles. The van der Waals surface area contributed by atoms with Gasteiger partial charge in [0.25, 0.3) is 0 Å². The van der Waals surface area contributed by atoms with Gasteiger partial charge in [-0.15, -0.1) is 0 Å². The van der Waals surface area contributed by atoms with E-state index in [0.717, 1.165) is 40.0 Å². The molecule has 2 N–H and O–H groups in total. The fourth-order valence-corrected chi connectivity index (χ4v) is 2.59. The van der Waals surface area contributed by atoms with Gasteiger partial charge in [0.15, 0.2) is 11.6 Å². The highest BCUT2D eigenvalue weighted by atomic mass is 15.0. The van der Waals surface area contributed by atoms with E-state index in [1.807, 2.05) is 112 Å². The van der Waals surface area contributed by atoms with Crippen molar-refractivity contribution in [3.8, 4) is 23.0 Å². The fourth-order valence-electron chi connectivity index (χ4n) is 2.59. The number of imidazole rings is 2. The van der Waals surface area contributed by atoms with Crippen LogP contribution < -0.4 is 0 Å². The van der Waals surface area contributed by atoms with Crippen molar-refractivity contribution in [3.63, 3.8) is 0 Å². The lowest BCUT2D eigenvalue weighted by Gasteiger charge is -2.00. The van der Waals surface area contributed by atoms with Crippen molar-refractivity contribution in [2.24, 2.45) is 0 Å². The molecule has 0 aliphatic carbocycles. The third kappa shape index (κ3) is 9.57. The molecule has 186 valence electrons. The first-order chi connectivity index (χ1) is 16.7. The molecule has 0 amide bonds. The van der Waals surface area contributed by atoms with Crippen LogP contribution in [0.3, 0.4) is 0 Å². The maximum absolute atomic E-state index is 4.71. The number of H-pyrrole nitrogens is 2. The van der Waals surface area contributed by atoms with Crippen LogP contribution in [-0.4, -0.2) is 24.9 Å². The SMILES string of the molecule is C=C/C=C\c1nc(-c2cccc(-c3nc(C=C)c(/C=C\C)[nH]3)n2)[nH]c1C.CC.CC.CC.CC. The second-order valence-corrected chi connectivity index (χ2v) is 5.69. The zero-order chi connectivity index (χ0) is 26.5. The van der Waals surface area contributed by atoms with Gasteiger partial charge < -0.3 is 9.97 Å². The van der Waals surface area contributed by atoms with Gasteiger partial charge in [-0.2, -0.15) is 0 Å². The minimum atomic E-state index is 0.699. The average molecular weight is 464 g/mol. The van der Waals surface area contributed by atoms with Crippen molar-refractivity contribution < 1.29 is 0 Å². The number of aromatic nitrogens is 5. The monoisotopic (exact) mass is 463 g/mol. The van der Waals surface area contributed by atoms with Crippen LogP contribution in [0.4, 0.5) is 0 Å². The predicted octanol–water partition coefficient (Wildman–Crippen LogP) is 9.15. The summed E-state index contributed by atoms with van der Waals surface area (Å²) in [5, 5.41) is 0. The molecule has 0 unspecified atom stereocenters. The number of nitrogens with one attached hydrogen (secondary N) is 2. The Morgan fingerprint density at radius 2 is 1.26 bits per heavy atom. The van der Waals surface area contributed by atoms with Crippen LogP contribution in [0.25, 0.3) is 41.3 Å². The predicted molar refractivity (Wildman–Crippen MR) is 154 cm³/mol. The molecule has 3 rings (SSSR count). The van der Waals surface area contributed by atoms with Crippen molar-refractivity contribution in [3.05, 3.63) is 72.4 Å². The molecule has 0 radical (unpaired) electrons. The molecule has 0 aliphatic heterocycles. The van der Waals surface area contributed by atoms with Crippen molar-refractivity contribution in [1.82, 2.24) is 24.9 Å². The van der Waals surface area contributed by atoms with Crippen LogP contribution in [0.2, 0.25) is 0 Å². The van der Waals surface area contributed by atoms with Crippen LogP contribution in [0.15, 0.2) is 49.6 Å². The number of hydrogen-bond donors (Lipinski definition) is 2. The first kappa shape index (κ1) is 32.7. The van der Waals surface area contributed by atoms with Crippen molar-refractivity contribution >= 4 is 18.2 Å². The second-order valence-electron chi connectivity index (χ2n) is 5.69. The summed E-state index contributed by atoms with van der Waals surface area (Å²) >= 11 is 0. The number of nitrogens with zero attached hydrogens (tertiary/aromatic N) is 3. The van der Waals surface area contributed by atoms with Crippen molar-refractivity contribution in [2.45, 2.75) is 69.2 Å². The third-order valence-corrected chi connectivity index (χ3v) is 3.83. The summed E-state index contributed by atoms with van der Waals surface area (Å²) in [5.41, 5.74) is 5.07. The van der Waals surface area contributed by atoms with E-state index < -0.39 is 0 Å². The molecule has 3 aromatic rings. The number of hydrogen-bond acceptors (Lipinski definition) is 3. The molecule has 5 nitrogen and oxygen atoms in total. The van der Waals surface area contributed by atoms with Crippen LogP contribution in [0.5, 0.6) is 0 Å². The summed E-state index contributed by atoms with van der Waals surface area (Å²) in [5.74, 6) is 1.42. The molecular formula is C29H45N5. The molecule has 0 atom stereocenters. The van der Waals surface area contributed by atoms with Gasteiger partial charge in [0.05, 0.1) is 17.1 Å². The first-order valence-corrected chi connectivity index (χ1v) is 12.3. The highest BCUT2D eigenvalue weighted by Crippen LogP contribution is 2.22. The van der Waals surface area contributed by atoms with E-state index in [0.29, 0.717) is 5.82 Å². The van der Waals surface area contributed by atoms with E-state index in [2.05, 4.69) is 33.1 Å². The number of rotatable bonds is 6. The van der Waals surface area contributed by atoms with Gasteiger partial charge in [-0.3, -0.25) is 0 Å². The summed E-state index contributed by atoms with van der Waals surface area (Å²) in [7, 11) is 0. The summed E-state index contributed by atoms with van der Waals surface area (Å²) in [6.07, 6.45) is 11.2. The van der Waals surface area contributed by atoms with Crippen molar-refractivity contribution in [1.29, 1.82) is 0 Å². The Bertz CT molecular complexity index is 1000. The molecule has 0 spiro atoms. The number of aryl methyl sites for hydroxylation is 1. The molecular weight excluding hydrogens is 418 g/mol. The minimum Gasteiger partial charge on any atom is -0.340 e. The van der Waals surface area contributed by atoms with Gasteiger partial charge in [0.1, 0.15) is 11.4 Å². The molecule has 0 aliphatic rings. The van der Waals surface area contributed by atoms with Gasteiger partial charge in [0, 0.05) is 5.69 Å². The summed E-state index contributed by atoms with van der Waals surface area (Å²) < 4.78 is 0. The Kier molecular flexibility index (Phi) is 19.4. The topological polar surface area (TPSA) is 70.2 Å². The molecule has 3 aromatic heterocycles. The molecule has 5 heteroatoms. The first-order valence-electron chi connectivity index (χ1n) is 12.3. The number of allylic oxidation sites excluding steroid dienone is 3. The smallest absolute Gasteiger partial charge is 0.157 e. The Morgan fingerprint density at radius 3 is 1.76 bits per heavy atom. The van der Waals surface area contributed by atoms with E-state index in [4.69, 9.17) is 4.98 Å². The van der Waals surface area contributed by atoms with Crippen LogP contribution >= 0.6 is 0 Å². The van der Waals surface area contributed by atoms with E-state index >= 15 is 0 Å². The van der Waals surface area contributed by atoms with Gasteiger partial charge in [-0.1, -0.05) is 92.8 Å². The number of pyridine rings is 1. The highest BCUT2D eigenvalue weighted by Gasteiger charge is 2.12. The van der Waals surface area contributed by atoms with Gasteiger partial charge >= 0.3 is 0 Å². The molecule has 3 heterocycles. The summed E-state index contributed by atoms with van der Waals surface area (Å²) in [6.45, 7) is 27.4. The maximum atomic E-state index is 4.71. The second kappa shape index (κ2) is 20.2. The average Bonchev–Trinajstić information content (AvgIpc) is 3.51.